The average molecular weight is 304 g/mol. The summed E-state index contributed by atoms with van der Waals surface area (Å²) in [6.07, 6.45) is 8.77. The molecule has 2 aliphatic rings. The van der Waals surface area contributed by atoms with Gasteiger partial charge in [0.05, 0.1) is 6.04 Å². The van der Waals surface area contributed by atoms with Crippen LogP contribution < -0.4 is 5.32 Å². The van der Waals surface area contributed by atoms with Crippen LogP contribution in [0, 0.1) is 11.8 Å². The average Bonchev–Trinajstić information content (AvgIpc) is 3.10. The molecule has 1 aliphatic carbocycles. The molecule has 1 aromatic heterocycles. The topological polar surface area (TPSA) is 50.2 Å². The second-order valence-electron chi connectivity index (χ2n) is 7.09. The minimum Gasteiger partial charge on any atom is -0.309 e. The third-order valence-corrected chi connectivity index (χ3v) is 5.32. The zero-order chi connectivity index (χ0) is 15.5. The van der Waals surface area contributed by atoms with Gasteiger partial charge in [0.1, 0.15) is 0 Å². The molecule has 22 heavy (non-hydrogen) atoms. The lowest BCUT2D eigenvalue weighted by Gasteiger charge is -2.32. The highest BCUT2D eigenvalue weighted by molar-refractivity contribution is 5.87. The van der Waals surface area contributed by atoms with Crippen LogP contribution in [0.2, 0.25) is 0 Å². The number of nitrogens with one attached hydrogen (secondary N) is 1. The number of hydrogen-bond acceptors (Lipinski definition) is 3. The molecule has 2 heterocycles. The second kappa shape index (κ2) is 6.82. The van der Waals surface area contributed by atoms with Crippen LogP contribution in [0.25, 0.3) is 0 Å². The maximum Gasteiger partial charge on any atom is 0.222 e. The summed E-state index contributed by atoms with van der Waals surface area (Å²) in [7, 11) is 0. The van der Waals surface area contributed by atoms with Gasteiger partial charge < -0.3 is 10.2 Å². The van der Waals surface area contributed by atoms with Crippen molar-refractivity contribution in [3.05, 3.63) is 12.3 Å². The van der Waals surface area contributed by atoms with Gasteiger partial charge in [-0.15, -0.1) is 0 Å². The lowest BCUT2D eigenvalue weighted by Crippen LogP contribution is -2.32. The van der Waals surface area contributed by atoms with Crippen LogP contribution in [-0.2, 0) is 4.79 Å². The van der Waals surface area contributed by atoms with Gasteiger partial charge in [-0.3, -0.25) is 9.48 Å². The first-order valence-electron chi connectivity index (χ1n) is 8.67. The van der Waals surface area contributed by atoms with Gasteiger partial charge >= 0.3 is 0 Å². The SMILES string of the molecule is CC(=O)Nc1ccn([C@@H]2CCN(C[C@H]3CCCC[C@@H]3C)C2)n1. The van der Waals surface area contributed by atoms with E-state index in [-0.39, 0.29) is 5.91 Å². The highest BCUT2D eigenvalue weighted by Crippen LogP contribution is 2.32. The number of aromatic nitrogens is 2. The standard InChI is InChI=1S/C17H28N4O/c1-13-5-3-4-6-15(13)11-20-9-7-16(12-20)21-10-8-17(19-21)18-14(2)22/h8,10,13,15-16H,3-7,9,11-12H2,1-2H3,(H,18,19,22)/t13-,15+,16+/m0/s1. The van der Waals surface area contributed by atoms with Crippen LogP contribution in [-0.4, -0.2) is 40.2 Å². The summed E-state index contributed by atoms with van der Waals surface area (Å²) in [4.78, 5) is 13.7. The fourth-order valence-electron chi connectivity index (χ4n) is 3.98. The number of nitrogens with zero attached hydrogens (tertiary/aromatic N) is 3. The lowest BCUT2D eigenvalue weighted by molar-refractivity contribution is -0.114. The highest BCUT2D eigenvalue weighted by Gasteiger charge is 2.29. The van der Waals surface area contributed by atoms with Crippen LogP contribution in [0.3, 0.4) is 0 Å². The van der Waals surface area contributed by atoms with Crippen molar-refractivity contribution >= 4 is 11.7 Å². The van der Waals surface area contributed by atoms with Crippen LogP contribution in [0.1, 0.15) is 52.0 Å². The van der Waals surface area contributed by atoms with Gasteiger partial charge in [-0.05, 0) is 24.7 Å². The smallest absolute Gasteiger partial charge is 0.222 e. The zero-order valence-electron chi connectivity index (χ0n) is 13.8. The molecule has 0 bridgehead atoms. The van der Waals surface area contributed by atoms with Crippen LogP contribution in [0.4, 0.5) is 5.82 Å². The van der Waals surface area contributed by atoms with Gasteiger partial charge in [-0.2, -0.15) is 5.10 Å². The number of carbonyl (C=O) groups is 1. The zero-order valence-corrected chi connectivity index (χ0v) is 13.8. The minimum atomic E-state index is -0.0652. The van der Waals surface area contributed by atoms with E-state index in [0.717, 1.165) is 24.8 Å². The minimum absolute atomic E-state index is 0.0652. The van der Waals surface area contributed by atoms with Gasteiger partial charge in [0.25, 0.3) is 0 Å². The Bertz CT molecular complexity index is 513. The Morgan fingerprint density at radius 3 is 2.95 bits per heavy atom. The van der Waals surface area contributed by atoms with Gasteiger partial charge in [-0.1, -0.05) is 26.2 Å². The Balaban J connectivity index is 1.53. The highest BCUT2D eigenvalue weighted by atomic mass is 16.1. The molecule has 0 radical (unpaired) electrons. The molecule has 5 nitrogen and oxygen atoms in total. The number of likely N-dealkylation sites (tertiary alicyclic amines) is 1. The van der Waals surface area contributed by atoms with Crippen LogP contribution in [0.5, 0.6) is 0 Å². The third kappa shape index (κ3) is 3.69. The van der Waals surface area contributed by atoms with Crippen molar-refractivity contribution in [2.24, 2.45) is 11.8 Å². The van der Waals surface area contributed by atoms with E-state index in [2.05, 4.69) is 22.2 Å². The summed E-state index contributed by atoms with van der Waals surface area (Å²) in [5.74, 6) is 2.35. The van der Waals surface area contributed by atoms with Crippen molar-refractivity contribution in [3.8, 4) is 0 Å². The van der Waals surface area contributed by atoms with E-state index in [1.165, 1.54) is 45.7 Å². The first-order chi connectivity index (χ1) is 10.6. The second-order valence-corrected chi connectivity index (χ2v) is 7.09. The van der Waals surface area contributed by atoms with Crippen molar-refractivity contribution in [2.45, 2.75) is 52.0 Å². The van der Waals surface area contributed by atoms with Gasteiger partial charge in [0, 0.05) is 38.8 Å². The predicted octanol–water partition coefficient (Wildman–Crippen LogP) is 2.91. The van der Waals surface area contributed by atoms with Gasteiger partial charge in [0.15, 0.2) is 5.82 Å². The van der Waals surface area contributed by atoms with Crippen LogP contribution in [0.15, 0.2) is 12.3 Å². The predicted molar refractivity (Wildman–Crippen MR) is 87.7 cm³/mol. The Morgan fingerprint density at radius 2 is 2.18 bits per heavy atom. The number of anilines is 1. The van der Waals surface area contributed by atoms with Gasteiger partial charge in [-0.25, -0.2) is 0 Å². The number of hydrogen-bond donors (Lipinski definition) is 1. The molecule has 122 valence electrons. The lowest BCUT2D eigenvalue weighted by atomic mass is 9.80. The summed E-state index contributed by atoms with van der Waals surface area (Å²) >= 11 is 0. The molecule has 1 N–H and O–H groups in total. The molecular weight excluding hydrogens is 276 g/mol. The Kier molecular flexibility index (Phi) is 4.81. The van der Waals surface area contributed by atoms with Gasteiger partial charge in [0.2, 0.25) is 5.91 Å². The Hall–Kier alpha value is -1.36. The molecule has 2 fully saturated rings. The van der Waals surface area contributed by atoms with E-state index in [1.54, 1.807) is 0 Å². The summed E-state index contributed by atoms with van der Waals surface area (Å²) in [5.41, 5.74) is 0. The first kappa shape index (κ1) is 15.5. The fourth-order valence-corrected chi connectivity index (χ4v) is 3.98. The molecular formula is C17H28N4O. The van der Waals surface area contributed by atoms with Crippen LogP contribution >= 0.6 is 0 Å². The molecule has 0 aromatic carbocycles. The van der Waals surface area contributed by atoms with Crippen molar-refractivity contribution < 1.29 is 4.79 Å². The largest absolute Gasteiger partial charge is 0.309 e. The number of rotatable bonds is 4. The molecule has 3 atom stereocenters. The normalized spacial score (nSPS) is 29.6. The summed E-state index contributed by atoms with van der Waals surface area (Å²) in [6, 6.07) is 2.33. The van der Waals surface area contributed by atoms with E-state index in [1.807, 2.05) is 16.9 Å². The maximum atomic E-state index is 11.1. The third-order valence-electron chi connectivity index (χ3n) is 5.32. The van der Waals surface area contributed by atoms with E-state index >= 15 is 0 Å². The molecule has 1 aliphatic heterocycles. The Labute approximate surface area is 133 Å². The summed E-state index contributed by atoms with van der Waals surface area (Å²) in [5, 5.41) is 7.23. The maximum absolute atomic E-state index is 11.1. The van der Waals surface area contributed by atoms with Crippen molar-refractivity contribution in [3.63, 3.8) is 0 Å². The molecule has 1 saturated carbocycles. The summed E-state index contributed by atoms with van der Waals surface area (Å²) in [6.45, 7) is 7.44. The molecule has 0 unspecified atom stereocenters. The molecule has 1 amide bonds. The van der Waals surface area contributed by atoms with E-state index < -0.39 is 0 Å². The first-order valence-corrected chi connectivity index (χ1v) is 8.67. The number of amides is 1. The van der Waals surface area contributed by atoms with E-state index in [4.69, 9.17) is 0 Å². The molecule has 5 heteroatoms. The monoisotopic (exact) mass is 304 g/mol. The van der Waals surface area contributed by atoms with E-state index in [0.29, 0.717) is 11.9 Å². The molecule has 1 aromatic rings. The van der Waals surface area contributed by atoms with Crippen molar-refractivity contribution in [1.29, 1.82) is 0 Å². The van der Waals surface area contributed by atoms with Crippen molar-refractivity contribution in [1.82, 2.24) is 14.7 Å². The van der Waals surface area contributed by atoms with Crippen molar-refractivity contribution in [2.75, 3.05) is 25.0 Å². The Morgan fingerprint density at radius 1 is 1.36 bits per heavy atom. The van der Waals surface area contributed by atoms with E-state index in [9.17, 15) is 4.79 Å². The summed E-state index contributed by atoms with van der Waals surface area (Å²) < 4.78 is 2.02. The fraction of sp³-hybridized carbons (Fsp3) is 0.765. The number of carbonyl (C=O) groups excluding carboxylic acids is 1. The molecule has 0 spiro atoms. The molecule has 1 saturated heterocycles. The quantitative estimate of drug-likeness (QED) is 0.930. The molecule has 3 rings (SSSR count).